The minimum Gasteiger partial charge on any atom is -0.302 e. The van der Waals surface area contributed by atoms with Crippen LogP contribution in [0.15, 0.2) is 47.8 Å². The van der Waals surface area contributed by atoms with Crippen molar-refractivity contribution in [2.24, 2.45) is 0 Å². The number of rotatable bonds is 5. The lowest BCUT2D eigenvalue weighted by molar-refractivity contribution is -0.116. The molecule has 0 radical (unpaired) electrons. The molecule has 0 saturated heterocycles. The summed E-state index contributed by atoms with van der Waals surface area (Å²) in [6, 6.07) is 14.5. The lowest BCUT2D eigenvalue weighted by Crippen LogP contribution is -2.14. The third-order valence-electron chi connectivity index (χ3n) is 4.73. The monoisotopic (exact) mass is 364 g/mol. The van der Waals surface area contributed by atoms with Gasteiger partial charge in [0.1, 0.15) is 0 Å². The summed E-state index contributed by atoms with van der Waals surface area (Å²) in [5.41, 5.74) is 6.96. The Labute approximate surface area is 159 Å². The normalized spacial score (nSPS) is 12.0. The van der Waals surface area contributed by atoms with Crippen LogP contribution in [0.4, 0.5) is 5.13 Å². The Balaban J connectivity index is 1.69. The Morgan fingerprint density at radius 1 is 1.08 bits per heavy atom. The maximum Gasteiger partial charge on any atom is 0.226 e. The molecule has 3 nitrogen and oxygen atoms in total. The van der Waals surface area contributed by atoms with E-state index in [2.05, 4.69) is 62.3 Å². The van der Waals surface area contributed by atoms with E-state index in [1.807, 2.05) is 23.6 Å². The van der Waals surface area contributed by atoms with Crippen molar-refractivity contribution >= 4 is 22.4 Å². The van der Waals surface area contributed by atoms with Gasteiger partial charge in [-0.15, -0.1) is 11.3 Å². The van der Waals surface area contributed by atoms with Gasteiger partial charge in [-0.05, 0) is 55.0 Å². The van der Waals surface area contributed by atoms with Crippen LogP contribution in [-0.2, 0) is 4.79 Å². The van der Waals surface area contributed by atoms with E-state index in [0.29, 0.717) is 11.6 Å². The highest BCUT2D eigenvalue weighted by atomic mass is 32.1. The zero-order valence-electron chi connectivity index (χ0n) is 15.7. The SMILES string of the molecule is Cc1cc(C)c(-c2csc(NC(=O)C[C@@H](C)c3ccccc3)n2)cc1C. The van der Waals surface area contributed by atoms with Crippen LogP contribution in [-0.4, -0.2) is 10.9 Å². The molecule has 0 aliphatic rings. The van der Waals surface area contributed by atoms with E-state index in [9.17, 15) is 4.79 Å². The number of hydrogen-bond acceptors (Lipinski definition) is 3. The van der Waals surface area contributed by atoms with Crippen LogP contribution in [0.1, 0.15) is 41.5 Å². The van der Waals surface area contributed by atoms with Crippen molar-refractivity contribution in [2.45, 2.75) is 40.0 Å². The minimum absolute atomic E-state index is 0.000869. The second-order valence-corrected chi connectivity index (χ2v) is 7.71. The molecule has 3 aromatic rings. The lowest BCUT2D eigenvalue weighted by Gasteiger charge is -2.11. The number of aromatic nitrogens is 1. The first-order valence-corrected chi connectivity index (χ1v) is 9.70. The van der Waals surface area contributed by atoms with Gasteiger partial charge < -0.3 is 5.32 Å². The number of carbonyl (C=O) groups excluding carboxylic acids is 1. The molecule has 2 aromatic carbocycles. The molecular formula is C22H24N2OS. The van der Waals surface area contributed by atoms with Crippen molar-refractivity contribution in [3.63, 3.8) is 0 Å². The van der Waals surface area contributed by atoms with E-state index in [1.165, 1.54) is 33.6 Å². The maximum absolute atomic E-state index is 12.4. The van der Waals surface area contributed by atoms with Crippen LogP contribution in [0.25, 0.3) is 11.3 Å². The molecule has 4 heteroatoms. The molecule has 0 aliphatic carbocycles. The summed E-state index contributed by atoms with van der Waals surface area (Å²) in [4.78, 5) is 17.0. The van der Waals surface area contributed by atoms with Gasteiger partial charge in [0, 0.05) is 17.4 Å². The number of carbonyl (C=O) groups is 1. The first-order chi connectivity index (χ1) is 12.4. The lowest BCUT2D eigenvalue weighted by atomic mass is 9.98. The molecule has 0 spiro atoms. The molecule has 0 aliphatic heterocycles. The van der Waals surface area contributed by atoms with Crippen molar-refractivity contribution in [2.75, 3.05) is 5.32 Å². The van der Waals surface area contributed by atoms with Gasteiger partial charge in [0.25, 0.3) is 0 Å². The Morgan fingerprint density at radius 2 is 1.77 bits per heavy atom. The van der Waals surface area contributed by atoms with E-state index in [1.54, 1.807) is 0 Å². The van der Waals surface area contributed by atoms with Gasteiger partial charge in [-0.25, -0.2) is 4.98 Å². The molecule has 0 fully saturated rings. The smallest absolute Gasteiger partial charge is 0.226 e. The molecule has 1 amide bonds. The molecule has 3 rings (SSSR count). The van der Waals surface area contributed by atoms with Crippen LogP contribution in [0.3, 0.4) is 0 Å². The summed E-state index contributed by atoms with van der Waals surface area (Å²) in [5, 5.41) is 5.61. The number of thiazole rings is 1. The molecule has 0 unspecified atom stereocenters. The van der Waals surface area contributed by atoms with E-state index in [-0.39, 0.29) is 11.8 Å². The zero-order valence-corrected chi connectivity index (χ0v) is 16.5. The van der Waals surface area contributed by atoms with Gasteiger partial charge in [0.15, 0.2) is 5.13 Å². The summed E-state index contributed by atoms with van der Waals surface area (Å²) >= 11 is 1.47. The second kappa shape index (κ2) is 7.83. The Kier molecular flexibility index (Phi) is 5.52. The molecule has 1 aromatic heterocycles. The standard InChI is InChI=1S/C22H24N2OS/c1-14-10-17(4)19(11-15(14)2)20-13-26-22(23-20)24-21(25)12-16(3)18-8-6-5-7-9-18/h5-11,13,16H,12H2,1-4H3,(H,23,24,25)/t16-/m1/s1. The van der Waals surface area contributed by atoms with Crippen LogP contribution in [0.2, 0.25) is 0 Å². The summed E-state index contributed by atoms with van der Waals surface area (Å²) in [7, 11) is 0. The highest BCUT2D eigenvalue weighted by Crippen LogP contribution is 2.30. The Morgan fingerprint density at radius 3 is 2.50 bits per heavy atom. The third kappa shape index (κ3) is 4.20. The molecular weight excluding hydrogens is 340 g/mol. The van der Waals surface area contributed by atoms with Crippen molar-refractivity contribution in [1.29, 1.82) is 0 Å². The van der Waals surface area contributed by atoms with Crippen LogP contribution < -0.4 is 5.32 Å². The fraction of sp³-hybridized carbons (Fsp3) is 0.273. The summed E-state index contributed by atoms with van der Waals surface area (Å²) in [6.45, 7) is 8.40. The Bertz CT molecular complexity index is 915. The van der Waals surface area contributed by atoms with Crippen molar-refractivity contribution in [3.05, 3.63) is 70.1 Å². The second-order valence-electron chi connectivity index (χ2n) is 6.85. The summed E-state index contributed by atoms with van der Waals surface area (Å²) in [6.07, 6.45) is 0.446. The average Bonchev–Trinajstić information content (AvgIpc) is 3.06. The van der Waals surface area contributed by atoms with Crippen molar-refractivity contribution < 1.29 is 4.79 Å². The van der Waals surface area contributed by atoms with Crippen LogP contribution in [0, 0.1) is 20.8 Å². The van der Waals surface area contributed by atoms with Gasteiger partial charge in [-0.1, -0.05) is 43.3 Å². The number of benzene rings is 2. The third-order valence-corrected chi connectivity index (χ3v) is 5.49. The van der Waals surface area contributed by atoms with E-state index >= 15 is 0 Å². The molecule has 1 heterocycles. The fourth-order valence-corrected chi connectivity index (χ4v) is 3.77. The number of amides is 1. The fourth-order valence-electron chi connectivity index (χ4n) is 3.04. The minimum atomic E-state index is -0.000869. The Hall–Kier alpha value is -2.46. The average molecular weight is 365 g/mol. The predicted octanol–water partition coefficient (Wildman–Crippen LogP) is 5.87. The zero-order chi connectivity index (χ0) is 18.7. The van der Waals surface area contributed by atoms with E-state index in [4.69, 9.17) is 0 Å². The van der Waals surface area contributed by atoms with Gasteiger partial charge in [-0.2, -0.15) is 0 Å². The molecule has 1 N–H and O–H groups in total. The first kappa shape index (κ1) is 18.3. The number of anilines is 1. The molecule has 0 bridgehead atoms. The summed E-state index contributed by atoms with van der Waals surface area (Å²) < 4.78 is 0. The molecule has 0 saturated carbocycles. The largest absolute Gasteiger partial charge is 0.302 e. The quantitative estimate of drug-likeness (QED) is 0.615. The highest BCUT2D eigenvalue weighted by molar-refractivity contribution is 7.14. The number of nitrogens with one attached hydrogen (secondary N) is 1. The number of nitrogens with zero attached hydrogens (tertiary/aromatic N) is 1. The molecule has 26 heavy (non-hydrogen) atoms. The van der Waals surface area contributed by atoms with E-state index < -0.39 is 0 Å². The van der Waals surface area contributed by atoms with Crippen LogP contribution >= 0.6 is 11.3 Å². The highest BCUT2D eigenvalue weighted by Gasteiger charge is 2.14. The summed E-state index contributed by atoms with van der Waals surface area (Å²) in [5.74, 6) is 0.177. The molecule has 134 valence electrons. The molecule has 1 atom stereocenters. The predicted molar refractivity (Wildman–Crippen MR) is 110 cm³/mol. The first-order valence-electron chi connectivity index (χ1n) is 8.82. The maximum atomic E-state index is 12.4. The van der Waals surface area contributed by atoms with Gasteiger partial charge in [0.2, 0.25) is 5.91 Å². The van der Waals surface area contributed by atoms with Crippen LogP contribution in [0.5, 0.6) is 0 Å². The van der Waals surface area contributed by atoms with Gasteiger partial charge in [-0.3, -0.25) is 4.79 Å². The number of hydrogen-bond donors (Lipinski definition) is 1. The topological polar surface area (TPSA) is 42.0 Å². The van der Waals surface area contributed by atoms with Gasteiger partial charge >= 0.3 is 0 Å². The van der Waals surface area contributed by atoms with Gasteiger partial charge in [0.05, 0.1) is 5.69 Å². The van der Waals surface area contributed by atoms with E-state index in [0.717, 1.165) is 11.3 Å². The van der Waals surface area contributed by atoms with Crippen molar-refractivity contribution in [1.82, 2.24) is 4.98 Å². The van der Waals surface area contributed by atoms with Crippen molar-refractivity contribution in [3.8, 4) is 11.3 Å². The number of aryl methyl sites for hydroxylation is 3.